The Labute approximate surface area is 192 Å². The zero-order valence-electron chi connectivity index (χ0n) is 18.9. The number of hydrogen-bond donors (Lipinski definition) is 1. The highest BCUT2D eigenvalue weighted by molar-refractivity contribution is 5.85. The van der Waals surface area contributed by atoms with E-state index < -0.39 is 0 Å². The summed E-state index contributed by atoms with van der Waals surface area (Å²) >= 11 is 0. The number of ether oxygens (including phenoxy) is 2. The Morgan fingerprint density at radius 3 is 2.67 bits per heavy atom. The number of H-pyrrole nitrogens is 1. The summed E-state index contributed by atoms with van der Waals surface area (Å²) in [6.45, 7) is 3.52. The Hall–Kier alpha value is -3.31. The number of aromatic nitrogens is 1. The molecule has 1 N–H and O–H groups in total. The van der Waals surface area contributed by atoms with Crippen molar-refractivity contribution >= 4 is 10.9 Å². The van der Waals surface area contributed by atoms with Crippen molar-refractivity contribution in [2.45, 2.75) is 31.8 Å². The molecule has 2 atom stereocenters. The Balaban J connectivity index is 1.54. The smallest absolute Gasteiger partial charge is 0.161 e. The zero-order valence-corrected chi connectivity index (χ0v) is 18.9. The third-order valence-electron chi connectivity index (χ3n) is 7.16. The largest absolute Gasteiger partial charge is 0.493 e. The first-order valence-corrected chi connectivity index (χ1v) is 11.6. The molecule has 3 aromatic carbocycles. The van der Waals surface area contributed by atoms with Crippen LogP contribution in [0.4, 0.5) is 4.39 Å². The highest BCUT2D eigenvalue weighted by atomic mass is 19.1. The maximum absolute atomic E-state index is 13.8. The number of fused-ring (bicyclic) bond motifs is 6. The molecule has 6 rings (SSSR count). The van der Waals surface area contributed by atoms with Gasteiger partial charge in [-0.05, 0) is 72.4 Å². The van der Waals surface area contributed by atoms with Crippen LogP contribution < -0.4 is 9.47 Å². The lowest BCUT2D eigenvalue weighted by Crippen LogP contribution is -2.43. The summed E-state index contributed by atoms with van der Waals surface area (Å²) in [4.78, 5) is 6.27. The molecule has 0 bridgehead atoms. The number of aromatic amines is 1. The van der Waals surface area contributed by atoms with Crippen molar-refractivity contribution in [3.05, 3.63) is 94.4 Å². The van der Waals surface area contributed by atoms with E-state index in [1.165, 1.54) is 27.8 Å². The molecule has 5 heteroatoms. The molecule has 3 heterocycles. The maximum Gasteiger partial charge on any atom is 0.161 e. The first kappa shape index (κ1) is 20.3. The Bertz CT molecular complexity index is 1330. The summed E-state index contributed by atoms with van der Waals surface area (Å²) in [5.41, 5.74) is 7.45. The third-order valence-corrected chi connectivity index (χ3v) is 7.16. The van der Waals surface area contributed by atoms with Gasteiger partial charge < -0.3 is 14.5 Å². The van der Waals surface area contributed by atoms with Crippen molar-refractivity contribution in [2.75, 3.05) is 20.3 Å². The average molecular weight is 443 g/mol. The molecule has 0 amide bonds. The second-order valence-electron chi connectivity index (χ2n) is 8.86. The van der Waals surface area contributed by atoms with Gasteiger partial charge >= 0.3 is 0 Å². The Morgan fingerprint density at radius 2 is 1.88 bits per heavy atom. The fraction of sp³-hybridized carbons (Fsp3) is 0.286. The molecule has 0 radical (unpaired) electrons. The van der Waals surface area contributed by atoms with Crippen molar-refractivity contribution in [3.63, 3.8) is 0 Å². The predicted octanol–water partition coefficient (Wildman–Crippen LogP) is 5.96. The highest BCUT2D eigenvalue weighted by Gasteiger charge is 2.41. The van der Waals surface area contributed by atoms with Crippen LogP contribution in [-0.4, -0.2) is 30.1 Å². The average Bonchev–Trinajstić information content (AvgIpc) is 3.21. The quantitative estimate of drug-likeness (QED) is 0.424. The van der Waals surface area contributed by atoms with Gasteiger partial charge in [-0.3, -0.25) is 4.90 Å². The maximum atomic E-state index is 13.8. The van der Waals surface area contributed by atoms with E-state index in [2.05, 4.69) is 46.3 Å². The molecule has 168 valence electrons. The van der Waals surface area contributed by atoms with Crippen molar-refractivity contribution in [3.8, 4) is 11.5 Å². The summed E-state index contributed by atoms with van der Waals surface area (Å²) < 4.78 is 25.3. The van der Waals surface area contributed by atoms with Gasteiger partial charge in [-0.15, -0.1) is 0 Å². The lowest BCUT2D eigenvalue weighted by atomic mass is 9.80. The first-order chi connectivity index (χ1) is 16.2. The van der Waals surface area contributed by atoms with Gasteiger partial charge in [0.15, 0.2) is 11.5 Å². The molecule has 2 unspecified atom stereocenters. The van der Waals surface area contributed by atoms with Crippen LogP contribution in [0.25, 0.3) is 10.9 Å². The molecule has 0 aliphatic carbocycles. The molecule has 4 nitrogen and oxygen atoms in total. The van der Waals surface area contributed by atoms with Gasteiger partial charge in [0.1, 0.15) is 5.82 Å². The minimum atomic E-state index is -0.208. The molecule has 4 aromatic rings. The van der Waals surface area contributed by atoms with E-state index in [1.54, 1.807) is 19.2 Å². The number of nitrogens with zero attached hydrogens (tertiary/aromatic N) is 1. The molecule has 33 heavy (non-hydrogen) atoms. The van der Waals surface area contributed by atoms with E-state index in [-0.39, 0.29) is 17.9 Å². The number of halogens is 1. The Morgan fingerprint density at radius 1 is 1.06 bits per heavy atom. The van der Waals surface area contributed by atoms with Crippen molar-refractivity contribution < 1.29 is 13.9 Å². The van der Waals surface area contributed by atoms with Gasteiger partial charge in [0.2, 0.25) is 0 Å². The van der Waals surface area contributed by atoms with Crippen LogP contribution in [0.1, 0.15) is 47.0 Å². The summed E-state index contributed by atoms with van der Waals surface area (Å²) in [6.07, 6.45) is 1.85. The Kier molecular flexibility index (Phi) is 4.88. The van der Waals surface area contributed by atoms with Crippen molar-refractivity contribution in [1.82, 2.24) is 9.88 Å². The molecule has 0 spiro atoms. The number of nitrogens with one attached hydrogen (secondary N) is 1. The van der Waals surface area contributed by atoms with Crippen LogP contribution in [0.5, 0.6) is 11.5 Å². The van der Waals surface area contributed by atoms with Crippen LogP contribution in [0.3, 0.4) is 0 Å². The number of rotatable bonds is 4. The van der Waals surface area contributed by atoms with Gasteiger partial charge in [-0.1, -0.05) is 30.3 Å². The van der Waals surface area contributed by atoms with Crippen molar-refractivity contribution in [2.24, 2.45) is 0 Å². The minimum Gasteiger partial charge on any atom is -0.493 e. The topological polar surface area (TPSA) is 37.5 Å². The second-order valence-corrected chi connectivity index (χ2v) is 8.86. The molecule has 0 fully saturated rings. The summed E-state index contributed by atoms with van der Waals surface area (Å²) in [6, 6.07) is 20.1. The van der Waals surface area contributed by atoms with Gasteiger partial charge in [0.05, 0.1) is 19.8 Å². The van der Waals surface area contributed by atoms with E-state index in [9.17, 15) is 4.39 Å². The fourth-order valence-corrected chi connectivity index (χ4v) is 5.73. The molecule has 2 aliphatic heterocycles. The summed E-state index contributed by atoms with van der Waals surface area (Å²) in [5.74, 6) is 1.38. The monoisotopic (exact) mass is 442 g/mol. The number of para-hydroxylation sites is 1. The van der Waals surface area contributed by atoms with Gasteiger partial charge in [-0.25, -0.2) is 4.39 Å². The molecule has 2 aliphatic rings. The van der Waals surface area contributed by atoms with Gasteiger partial charge in [-0.2, -0.15) is 0 Å². The highest BCUT2D eigenvalue weighted by Crippen LogP contribution is 2.49. The normalized spacial score (nSPS) is 19.6. The molecule has 0 saturated heterocycles. The van der Waals surface area contributed by atoms with Crippen LogP contribution in [0.2, 0.25) is 0 Å². The van der Waals surface area contributed by atoms with E-state index >= 15 is 0 Å². The standard InChI is InChI=1S/C28H27FN2O2/c1-3-33-26-14-18-12-13-31-24(21(18)16-25(26)32-2)15-22-20-6-4-5-7-23(20)30-27(22)28(31)17-8-10-19(29)11-9-17/h4-11,14,16,24,28,30H,3,12-13,15H2,1-2H3. The van der Waals surface area contributed by atoms with Gasteiger partial charge in [0.25, 0.3) is 0 Å². The lowest BCUT2D eigenvalue weighted by molar-refractivity contribution is 0.127. The SMILES string of the molecule is CCOc1cc2c(cc1OC)C1Cc3c([nH]c4ccccc34)C(c3ccc(F)cc3)N1CC2. The van der Waals surface area contributed by atoms with Crippen LogP contribution >= 0.6 is 0 Å². The van der Waals surface area contributed by atoms with E-state index in [0.717, 1.165) is 42.0 Å². The van der Waals surface area contributed by atoms with Crippen LogP contribution in [0, 0.1) is 5.82 Å². The van der Waals surface area contributed by atoms with Crippen LogP contribution in [-0.2, 0) is 12.8 Å². The van der Waals surface area contributed by atoms with Crippen LogP contribution in [0.15, 0.2) is 60.7 Å². The summed E-state index contributed by atoms with van der Waals surface area (Å²) in [5, 5.41) is 1.27. The molecular formula is C28H27FN2O2. The molecule has 0 saturated carbocycles. The third kappa shape index (κ3) is 3.22. The number of benzene rings is 3. The molecule has 1 aromatic heterocycles. The zero-order chi connectivity index (χ0) is 22.5. The number of methoxy groups -OCH3 is 1. The number of hydrogen-bond acceptors (Lipinski definition) is 3. The van der Waals surface area contributed by atoms with E-state index in [4.69, 9.17) is 9.47 Å². The minimum absolute atomic E-state index is 0.0393. The molecular weight excluding hydrogens is 415 g/mol. The van der Waals surface area contributed by atoms with Crippen molar-refractivity contribution in [1.29, 1.82) is 0 Å². The lowest BCUT2D eigenvalue weighted by Gasteiger charge is -2.46. The fourth-order valence-electron chi connectivity index (χ4n) is 5.73. The first-order valence-electron chi connectivity index (χ1n) is 11.6. The van der Waals surface area contributed by atoms with E-state index in [1.807, 2.05) is 19.1 Å². The summed E-state index contributed by atoms with van der Waals surface area (Å²) in [7, 11) is 1.70. The predicted molar refractivity (Wildman–Crippen MR) is 128 cm³/mol. The van der Waals surface area contributed by atoms with Gasteiger partial charge in [0, 0.05) is 29.2 Å². The second kappa shape index (κ2) is 7.92. The van der Waals surface area contributed by atoms with E-state index in [0.29, 0.717) is 6.61 Å².